The lowest BCUT2D eigenvalue weighted by atomic mass is 10.2. The standard InChI is InChI=1S/C22H22BrClN4O2/c23-16-7-8-20(17(24)14-16)30-13-3-6-22(29)28-11-9-27(10-12-28)21-15-25-18-4-1-2-5-19(18)26-21/h1-2,4-5,7-8,14-15H,3,6,9-13H2. The molecule has 4 rings (SSSR count). The maximum atomic E-state index is 12.5. The lowest BCUT2D eigenvalue weighted by Crippen LogP contribution is -2.49. The van der Waals surface area contributed by atoms with Gasteiger partial charge in [-0.3, -0.25) is 9.78 Å². The SMILES string of the molecule is O=C(CCCOc1ccc(Br)cc1Cl)N1CCN(c2cnc3ccccc3n2)CC1. The van der Waals surface area contributed by atoms with Gasteiger partial charge in [-0.05, 0) is 36.8 Å². The van der Waals surface area contributed by atoms with Gasteiger partial charge in [0.05, 0.1) is 28.9 Å². The van der Waals surface area contributed by atoms with Gasteiger partial charge in [-0.25, -0.2) is 4.98 Å². The van der Waals surface area contributed by atoms with E-state index in [4.69, 9.17) is 21.3 Å². The second kappa shape index (κ2) is 9.62. The first-order valence-electron chi connectivity index (χ1n) is 9.92. The molecule has 1 saturated heterocycles. The van der Waals surface area contributed by atoms with E-state index in [1.807, 2.05) is 47.5 Å². The van der Waals surface area contributed by atoms with Gasteiger partial charge in [0.1, 0.15) is 11.6 Å². The number of aromatic nitrogens is 2. The quantitative estimate of drug-likeness (QED) is 0.475. The predicted octanol–water partition coefficient (Wildman–Crippen LogP) is 4.55. The van der Waals surface area contributed by atoms with Gasteiger partial charge in [0.2, 0.25) is 5.91 Å². The topological polar surface area (TPSA) is 58.6 Å². The van der Waals surface area contributed by atoms with Crippen LogP contribution < -0.4 is 9.64 Å². The van der Waals surface area contributed by atoms with E-state index in [9.17, 15) is 4.79 Å². The number of halogens is 2. The normalized spacial score (nSPS) is 14.2. The van der Waals surface area contributed by atoms with Gasteiger partial charge in [-0.2, -0.15) is 0 Å². The highest BCUT2D eigenvalue weighted by Crippen LogP contribution is 2.27. The fraction of sp³-hybridized carbons (Fsp3) is 0.318. The number of piperazine rings is 1. The number of benzene rings is 2. The van der Waals surface area contributed by atoms with Gasteiger partial charge in [-0.1, -0.05) is 39.7 Å². The Hall–Kier alpha value is -2.38. The fourth-order valence-electron chi connectivity index (χ4n) is 3.44. The summed E-state index contributed by atoms with van der Waals surface area (Å²) < 4.78 is 6.60. The number of carbonyl (C=O) groups excluding carboxylic acids is 1. The van der Waals surface area contributed by atoms with Crippen molar-refractivity contribution in [3.05, 3.63) is 58.2 Å². The highest BCUT2D eigenvalue weighted by Gasteiger charge is 2.22. The molecule has 0 aliphatic carbocycles. The Morgan fingerprint density at radius 3 is 2.63 bits per heavy atom. The third-order valence-electron chi connectivity index (χ3n) is 5.08. The lowest BCUT2D eigenvalue weighted by molar-refractivity contribution is -0.131. The van der Waals surface area contributed by atoms with Crippen LogP contribution >= 0.6 is 27.5 Å². The molecule has 0 radical (unpaired) electrons. The summed E-state index contributed by atoms with van der Waals surface area (Å²) in [6.45, 7) is 3.34. The van der Waals surface area contributed by atoms with Gasteiger partial charge < -0.3 is 14.5 Å². The molecule has 2 aromatic carbocycles. The molecule has 0 unspecified atom stereocenters. The summed E-state index contributed by atoms with van der Waals surface area (Å²) in [5.74, 6) is 1.66. The van der Waals surface area contributed by atoms with Crippen molar-refractivity contribution in [2.75, 3.05) is 37.7 Å². The minimum atomic E-state index is 0.157. The molecule has 6 nitrogen and oxygen atoms in total. The second-order valence-corrected chi connectivity index (χ2v) is 8.43. The summed E-state index contributed by atoms with van der Waals surface area (Å²) in [5.41, 5.74) is 1.78. The molecule has 0 atom stereocenters. The number of anilines is 1. The Bertz CT molecular complexity index is 1040. The van der Waals surface area contributed by atoms with Crippen LogP contribution in [0.1, 0.15) is 12.8 Å². The predicted molar refractivity (Wildman–Crippen MR) is 122 cm³/mol. The summed E-state index contributed by atoms with van der Waals surface area (Å²) in [4.78, 5) is 25.8. The van der Waals surface area contributed by atoms with Crippen LogP contribution in [0.5, 0.6) is 5.75 Å². The van der Waals surface area contributed by atoms with E-state index in [2.05, 4.69) is 25.8 Å². The number of hydrogen-bond donors (Lipinski definition) is 0. The van der Waals surface area contributed by atoms with Crippen LogP contribution in [0.4, 0.5) is 5.82 Å². The van der Waals surface area contributed by atoms with E-state index in [0.717, 1.165) is 34.4 Å². The van der Waals surface area contributed by atoms with Crippen molar-refractivity contribution in [2.24, 2.45) is 0 Å². The average molecular weight is 490 g/mol. The lowest BCUT2D eigenvalue weighted by Gasteiger charge is -2.35. The van der Waals surface area contributed by atoms with E-state index in [1.165, 1.54) is 0 Å². The molecule has 0 saturated carbocycles. The molecule has 30 heavy (non-hydrogen) atoms. The van der Waals surface area contributed by atoms with Crippen LogP contribution in [0.15, 0.2) is 53.1 Å². The number of fused-ring (bicyclic) bond motifs is 1. The zero-order chi connectivity index (χ0) is 20.9. The maximum absolute atomic E-state index is 12.5. The Labute approximate surface area is 188 Å². The first-order valence-corrected chi connectivity index (χ1v) is 11.1. The van der Waals surface area contributed by atoms with Gasteiger partial charge in [0.15, 0.2) is 0 Å². The van der Waals surface area contributed by atoms with E-state index in [-0.39, 0.29) is 5.91 Å². The minimum absolute atomic E-state index is 0.157. The van der Waals surface area contributed by atoms with Gasteiger partial charge >= 0.3 is 0 Å². The molecule has 156 valence electrons. The molecule has 3 aromatic rings. The molecule has 1 aliphatic heterocycles. The van der Waals surface area contributed by atoms with E-state index < -0.39 is 0 Å². The second-order valence-electron chi connectivity index (χ2n) is 7.11. The molecule has 1 amide bonds. The summed E-state index contributed by atoms with van der Waals surface area (Å²) >= 11 is 9.51. The molecular formula is C22H22BrClN4O2. The number of hydrogen-bond acceptors (Lipinski definition) is 5. The maximum Gasteiger partial charge on any atom is 0.222 e. The summed E-state index contributed by atoms with van der Waals surface area (Å²) in [5, 5.41) is 0.559. The van der Waals surface area contributed by atoms with Crippen LogP contribution in [0.2, 0.25) is 5.02 Å². The summed E-state index contributed by atoms with van der Waals surface area (Å²) in [6.07, 6.45) is 2.93. The van der Waals surface area contributed by atoms with Crippen molar-refractivity contribution in [3.63, 3.8) is 0 Å². The van der Waals surface area contributed by atoms with Crippen molar-refractivity contribution >= 4 is 50.3 Å². The van der Waals surface area contributed by atoms with E-state index >= 15 is 0 Å². The number of para-hydroxylation sites is 2. The molecule has 1 aromatic heterocycles. The number of amides is 1. The Morgan fingerprint density at radius 1 is 1.10 bits per heavy atom. The number of carbonyl (C=O) groups is 1. The van der Waals surface area contributed by atoms with Crippen molar-refractivity contribution in [3.8, 4) is 5.75 Å². The van der Waals surface area contributed by atoms with Crippen molar-refractivity contribution in [1.82, 2.24) is 14.9 Å². The minimum Gasteiger partial charge on any atom is -0.492 e. The molecule has 0 bridgehead atoms. The van der Waals surface area contributed by atoms with Gasteiger partial charge in [0, 0.05) is 37.1 Å². The zero-order valence-corrected chi connectivity index (χ0v) is 18.8. The molecule has 8 heteroatoms. The Balaban J connectivity index is 1.23. The third-order valence-corrected chi connectivity index (χ3v) is 5.87. The Morgan fingerprint density at radius 2 is 1.87 bits per heavy atom. The first-order chi connectivity index (χ1) is 14.6. The third kappa shape index (κ3) is 5.02. The highest BCUT2D eigenvalue weighted by atomic mass is 79.9. The first kappa shape index (κ1) is 20.9. The van der Waals surface area contributed by atoms with E-state index in [1.54, 1.807) is 6.07 Å². The number of nitrogens with zero attached hydrogens (tertiary/aromatic N) is 4. The monoisotopic (exact) mass is 488 g/mol. The van der Waals surface area contributed by atoms with Crippen LogP contribution in [-0.4, -0.2) is 53.6 Å². The molecule has 0 N–H and O–H groups in total. The zero-order valence-electron chi connectivity index (χ0n) is 16.4. The number of ether oxygens (including phenoxy) is 1. The van der Waals surface area contributed by atoms with Crippen LogP contribution in [0.25, 0.3) is 11.0 Å². The molecule has 1 fully saturated rings. The van der Waals surface area contributed by atoms with Crippen molar-refractivity contribution in [2.45, 2.75) is 12.8 Å². The van der Waals surface area contributed by atoms with Crippen LogP contribution in [0.3, 0.4) is 0 Å². The summed E-state index contributed by atoms with van der Waals surface area (Å²) in [6, 6.07) is 13.3. The fourth-order valence-corrected chi connectivity index (χ4v) is 4.17. The molecular weight excluding hydrogens is 468 g/mol. The smallest absolute Gasteiger partial charge is 0.222 e. The average Bonchev–Trinajstić information content (AvgIpc) is 2.77. The summed E-state index contributed by atoms with van der Waals surface area (Å²) in [7, 11) is 0. The van der Waals surface area contributed by atoms with Crippen LogP contribution in [-0.2, 0) is 4.79 Å². The molecule has 2 heterocycles. The van der Waals surface area contributed by atoms with Crippen LogP contribution in [0, 0.1) is 0 Å². The molecule has 0 spiro atoms. The van der Waals surface area contributed by atoms with Gasteiger partial charge in [0.25, 0.3) is 0 Å². The Kier molecular flexibility index (Phi) is 6.69. The van der Waals surface area contributed by atoms with Gasteiger partial charge in [-0.15, -0.1) is 0 Å². The largest absolute Gasteiger partial charge is 0.492 e. The molecule has 1 aliphatic rings. The number of rotatable bonds is 6. The van der Waals surface area contributed by atoms with Crippen molar-refractivity contribution in [1.29, 1.82) is 0 Å². The van der Waals surface area contributed by atoms with Crippen molar-refractivity contribution < 1.29 is 9.53 Å². The van der Waals surface area contributed by atoms with E-state index in [0.29, 0.717) is 43.3 Å². The highest BCUT2D eigenvalue weighted by molar-refractivity contribution is 9.10.